The number of non-ortho nitro benzene ring substituents is 1. The first-order chi connectivity index (χ1) is 14.8. The predicted molar refractivity (Wildman–Crippen MR) is 149 cm³/mol. The number of nitro groups is 1. The van der Waals surface area contributed by atoms with Crippen LogP contribution < -0.4 is 5.32 Å². The third kappa shape index (κ3) is 5.48. The van der Waals surface area contributed by atoms with Crippen LogP contribution in [0.25, 0.3) is 10.2 Å². The normalized spacial score (nSPS) is 10.9. The highest BCUT2D eigenvalue weighted by Gasteiger charge is 2.17. The highest BCUT2D eigenvalue weighted by molar-refractivity contribution is 14.1. The number of thiazole rings is 1. The van der Waals surface area contributed by atoms with Gasteiger partial charge >= 0.3 is 0 Å². The Hall–Kier alpha value is -1.04. The van der Waals surface area contributed by atoms with Crippen LogP contribution in [0, 0.1) is 20.8 Å². The molecule has 156 valence electrons. The van der Waals surface area contributed by atoms with Gasteiger partial charge in [-0.3, -0.25) is 14.9 Å². The van der Waals surface area contributed by atoms with Gasteiger partial charge in [-0.2, -0.15) is 0 Å². The van der Waals surface area contributed by atoms with E-state index in [9.17, 15) is 14.9 Å². The maximum Gasteiger partial charge on any atom is 0.272 e. The topological polar surface area (TPSA) is 85.1 Å². The van der Waals surface area contributed by atoms with E-state index >= 15 is 0 Å². The van der Waals surface area contributed by atoms with Crippen LogP contribution in [-0.4, -0.2) is 15.8 Å². The van der Waals surface area contributed by atoms with E-state index in [2.05, 4.69) is 78.1 Å². The number of nitrogens with zero attached hydrogens (tertiary/aromatic N) is 2. The second-order valence-electron chi connectivity index (χ2n) is 6.23. The van der Waals surface area contributed by atoms with Crippen molar-refractivity contribution in [1.29, 1.82) is 0 Å². The van der Waals surface area contributed by atoms with Crippen LogP contribution in [0.5, 0.6) is 0 Å². The number of carbonyl (C=O) groups is 1. The van der Waals surface area contributed by atoms with Crippen LogP contribution in [0.2, 0.25) is 0 Å². The van der Waals surface area contributed by atoms with Gasteiger partial charge in [-0.15, -0.1) is 11.3 Å². The molecule has 1 aromatic heterocycles. The van der Waals surface area contributed by atoms with Crippen molar-refractivity contribution < 1.29 is 9.72 Å². The maximum atomic E-state index is 12.9. The van der Waals surface area contributed by atoms with Crippen LogP contribution in [0.1, 0.15) is 10.4 Å². The summed E-state index contributed by atoms with van der Waals surface area (Å²) in [5.74, 6) is -0.308. The number of nitrogens with one attached hydrogen (secondary N) is 1. The first kappa shape index (κ1) is 23.1. The van der Waals surface area contributed by atoms with E-state index in [0.29, 0.717) is 16.1 Å². The molecule has 0 saturated heterocycles. The second kappa shape index (κ2) is 9.84. The number of nitro benzene ring substituents is 1. The second-order valence-corrected chi connectivity index (χ2v) is 12.1. The van der Waals surface area contributed by atoms with Gasteiger partial charge in [0, 0.05) is 33.4 Å². The molecule has 0 radical (unpaired) electrons. The monoisotopic (exact) mass is 785 g/mol. The number of anilines is 1. The van der Waals surface area contributed by atoms with E-state index in [4.69, 9.17) is 0 Å². The molecular weight excluding hydrogens is 775 g/mol. The van der Waals surface area contributed by atoms with Crippen molar-refractivity contribution in [3.63, 3.8) is 0 Å². The molecule has 1 amide bonds. The van der Waals surface area contributed by atoms with Crippen LogP contribution >= 0.6 is 90.9 Å². The quantitative estimate of drug-likeness (QED) is 0.0987. The molecule has 1 N–H and O–H groups in total. The minimum Gasteiger partial charge on any atom is -0.322 e. The smallest absolute Gasteiger partial charge is 0.272 e. The van der Waals surface area contributed by atoms with Gasteiger partial charge < -0.3 is 5.32 Å². The number of amides is 1. The minimum atomic E-state index is -0.462. The Bertz CT molecular complexity index is 1310. The van der Waals surface area contributed by atoms with E-state index in [0.717, 1.165) is 25.3 Å². The summed E-state index contributed by atoms with van der Waals surface area (Å²) in [5.41, 5.74) is 1.70. The zero-order valence-corrected chi connectivity index (χ0v) is 23.4. The van der Waals surface area contributed by atoms with Crippen molar-refractivity contribution >= 4 is 118 Å². The number of hydrogen-bond acceptors (Lipinski definition) is 6. The molecule has 31 heavy (non-hydrogen) atoms. The molecule has 0 saturated carbocycles. The molecule has 0 atom stereocenters. The number of benzene rings is 3. The van der Waals surface area contributed by atoms with Crippen LogP contribution in [0.3, 0.4) is 0 Å². The van der Waals surface area contributed by atoms with Crippen molar-refractivity contribution in [2.24, 2.45) is 0 Å². The molecule has 6 nitrogen and oxygen atoms in total. The molecule has 0 aliphatic rings. The number of aromatic nitrogens is 1. The SMILES string of the molecule is O=C(Nc1cc(Sc2nc3ccccc3s2)cc([N+](=O)[O-])c1)c1cc(I)cc(I)c1I. The summed E-state index contributed by atoms with van der Waals surface area (Å²) in [6, 6.07) is 16.2. The molecule has 0 unspecified atom stereocenters. The fourth-order valence-electron chi connectivity index (χ4n) is 2.74. The number of hydrogen-bond donors (Lipinski definition) is 1. The molecule has 0 aliphatic heterocycles. The molecule has 3 aromatic carbocycles. The van der Waals surface area contributed by atoms with Gasteiger partial charge in [0.1, 0.15) is 0 Å². The van der Waals surface area contributed by atoms with Gasteiger partial charge in [-0.25, -0.2) is 4.98 Å². The molecule has 4 rings (SSSR count). The van der Waals surface area contributed by atoms with Gasteiger partial charge in [0.25, 0.3) is 11.6 Å². The van der Waals surface area contributed by atoms with Crippen molar-refractivity contribution in [2.75, 3.05) is 5.32 Å². The van der Waals surface area contributed by atoms with E-state index in [1.165, 1.54) is 35.2 Å². The standard InChI is InChI=1S/C20H10I3N3O3S2/c21-10-5-14(18(23)15(22)6-10)19(27)24-11-7-12(26(28)29)9-13(8-11)30-20-25-16-3-1-2-4-17(16)31-20/h1-9H,(H,24,27). The average Bonchev–Trinajstić information content (AvgIpc) is 3.12. The summed E-state index contributed by atoms with van der Waals surface area (Å²) in [4.78, 5) is 29.1. The number of para-hydroxylation sites is 1. The van der Waals surface area contributed by atoms with Gasteiger partial charge in [0.05, 0.1) is 20.7 Å². The molecule has 0 fully saturated rings. The Morgan fingerprint density at radius 3 is 2.61 bits per heavy atom. The summed E-state index contributed by atoms with van der Waals surface area (Å²) >= 11 is 9.34. The van der Waals surface area contributed by atoms with E-state index < -0.39 is 4.92 Å². The first-order valence-electron chi connectivity index (χ1n) is 8.59. The molecule has 1 heterocycles. The molecule has 0 bridgehead atoms. The Balaban J connectivity index is 1.65. The van der Waals surface area contributed by atoms with Crippen molar-refractivity contribution in [3.8, 4) is 0 Å². The first-order valence-corrected chi connectivity index (χ1v) is 13.5. The third-order valence-corrected chi connectivity index (χ3v) is 9.81. The number of halogens is 3. The summed E-state index contributed by atoms with van der Waals surface area (Å²) in [5, 5.41) is 14.3. The average molecular weight is 785 g/mol. The van der Waals surface area contributed by atoms with Crippen molar-refractivity contribution in [1.82, 2.24) is 4.98 Å². The highest BCUT2D eigenvalue weighted by atomic mass is 127. The maximum absolute atomic E-state index is 12.9. The summed E-state index contributed by atoms with van der Waals surface area (Å²) in [7, 11) is 0. The lowest BCUT2D eigenvalue weighted by Crippen LogP contribution is -2.14. The fraction of sp³-hybridized carbons (Fsp3) is 0. The number of fused-ring (bicyclic) bond motifs is 1. The molecule has 0 aliphatic carbocycles. The molecular formula is C20H10I3N3O3S2. The Morgan fingerprint density at radius 2 is 1.87 bits per heavy atom. The van der Waals surface area contributed by atoms with E-state index in [-0.39, 0.29) is 11.6 Å². The van der Waals surface area contributed by atoms with Gasteiger partial charge in [0.15, 0.2) is 4.34 Å². The van der Waals surface area contributed by atoms with Crippen LogP contribution in [0.4, 0.5) is 11.4 Å². The molecule has 4 aromatic rings. The van der Waals surface area contributed by atoms with Crippen molar-refractivity contribution in [3.05, 3.63) is 81.0 Å². The van der Waals surface area contributed by atoms with Gasteiger partial charge in [-0.05, 0) is 98.1 Å². The summed E-state index contributed by atoms with van der Waals surface area (Å²) in [6.07, 6.45) is 0. The molecule has 11 heteroatoms. The zero-order valence-electron chi connectivity index (χ0n) is 15.3. The van der Waals surface area contributed by atoms with E-state index in [1.807, 2.05) is 30.3 Å². The van der Waals surface area contributed by atoms with Crippen LogP contribution in [-0.2, 0) is 0 Å². The lowest BCUT2D eigenvalue weighted by Gasteiger charge is -2.10. The minimum absolute atomic E-state index is 0.0895. The Morgan fingerprint density at radius 1 is 1.10 bits per heavy atom. The Labute approximate surface area is 226 Å². The number of rotatable bonds is 5. The van der Waals surface area contributed by atoms with Crippen molar-refractivity contribution in [2.45, 2.75) is 9.24 Å². The fourth-order valence-corrected chi connectivity index (χ4v) is 7.27. The molecule has 0 spiro atoms. The Kier molecular flexibility index (Phi) is 7.34. The lowest BCUT2D eigenvalue weighted by molar-refractivity contribution is -0.385. The van der Waals surface area contributed by atoms with Gasteiger partial charge in [-0.1, -0.05) is 23.9 Å². The zero-order chi connectivity index (χ0) is 22.1. The van der Waals surface area contributed by atoms with Crippen LogP contribution in [0.15, 0.2) is 63.8 Å². The lowest BCUT2D eigenvalue weighted by atomic mass is 10.2. The third-order valence-electron chi connectivity index (χ3n) is 4.08. The largest absolute Gasteiger partial charge is 0.322 e. The predicted octanol–water partition coefficient (Wildman–Crippen LogP) is 7.42. The van der Waals surface area contributed by atoms with Gasteiger partial charge in [0.2, 0.25) is 0 Å². The number of carbonyl (C=O) groups excluding carboxylic acids is 1. The highest BCUT2D eigenvalue weighted by Crippen LogP contribution is 2.37. The summed E-state index contributed by atoms with van der Waals surface area (Å²) < 4.78 is 4.58. The van der Waals surface area contributed by atoms with E-state index in [1.54, 1.807) is 12.1 Å². The summed E-state index contributed by atoms with van der Waals surface area (Å²) in [6.45, 7) is 0.